The minimum Gasteiger partial charge on any atom is -0.361 e. The van der Waals surface area contributed by atoms with Crippen molar-refractivity contribution in [3.8, 4) is 0 Å². The fraction of sp³-hybridized carbons (Fsp3) is 0.400. The molecule has 0 aliphatic rings. The fourth-order valence-electron chi connectivity index (χ4n) is 1.28. The predicted molar refractivity (Wildman–Crippen MR) is 55.5 cm³/mol. The maximum atomic E-state index is 5.12. The van der Waals surface area contributed by atoms with E-state index in [2.05, 4.69) is 15.5 Å². The lowest BCUT2D eigenvalue weighted by atomic mass is 10.2. The molecule has 0 aromatic carbocycles. The van der Waals surface area contributed by atoms with Crippen LogP contribution in [-0.4, -0.2) is 10.1 Å². The van der Waals surface area contributed by atoms with Gasteiger partial charge in [0.05, 0.1) is 10.7 Å². The van der Waals surface area contributed by atoms with Crippen LogP contribution in [0.25, 0.3) is 0 Å². The smallest absolute Gasteiger partial charge is 0.137 e. The Morgan fingerprint density at radius 3 is 2.71 bits per heavy atom. The molecule has 3 nitrogen and oxygen atoms in total. The van der Waals surface area contributed by atoms with Crippen molar-refractivity contribution in [1.82, 2.24) is 10.1 Å². The Labute approximate surface area is 86.8 Å². The minimum atomic E-state index is 0.883. The molecule has 2 heterocycles. The number of thiazole rings is 1. The summed E-state index contributed by atoms with van der Waals surface area (Å²) in [6, 6.07) is 1.97. The van der Waals surface area contributed by atoms with Gasteiger partial charge < -0.3 is 4.52 Å². The summed E-state index contributed by atoms with van der Waals surface area (Å²) in [5.41, 5.74) is 2.04. The van der Waals surface area contributed by atoms with Gasteiger partial charge in [0.1, 0.15) is 5.76 Å². The van der Waals surface area contributed by atoms with E-state index in [1.54, 1.807) is 11.3 Å². The standard InChI is InChI=1S/C10H12N2OS/c1-7-5-9(13-12-7)3-4-10-11-8(2)6-14-10/h5-6H,3-4H2,1-2H3. The maximum Gasteiger partial charge on any atom is 0.137 e. The first-order valence-electron chi connectivity index (χ1n) is 4.57. The molecule has 0 saturated heterocycles. The molecule has 2 aromatic heterocycles. The van der Waals surface area contributed by atoms with Gasteiger partial charge in [0.15, 0.2) is 0 Å². The van der Waals surface area contributed by atoms with E-state index in [0.717, 1.165) is 35.0 Å². The lowest BCUT2D eigenvalue weighted by Crippen LogP contribution is -1.88. The highest BCUT2D eigenvalue weighted by molar-refractivity contribution is 7.09. The number of hydrogen-bond donors (Lipinski definition) is 0. The van der Waals surface area contributed by atoms with Gasteiger partial charge in [-0.2, -0.15) is 0 Å². The Balaban J connectivity index is 1.94. The second-order valence-corrected chi connectivity index (χ2v) is 4.26. The van der Waals surface area contributed by atoms with E-state index in [1.807, 2.05) is 19.9 Å². The topological polar surface area (TPSA) is 38.9 Å². The van der Waals surface area contributed by atoms with Crippen molar-refractivity contribution in [2.24, 2.45) is 0 Å². The highest BCUT2D eigenvalue weighted by Crippen LogP contribution is 2.12. The van der Waals surface area contributed by atoms with Crippen molar-refractivity contribution in [3.63, 3.8) is 0 Å². The van der Waals surface area contributed by atoms with Crippen molar-refractivity contribution < 1.29 is 4.52 Å². The van der Waals surface area contributed by atoms with Gasteiger partial charge in [0, 0.05) is 30.0 Å². The lowest BCUT2D eigenvalue weighted by Gasteiger charge is -1.91. The molecule has 0 spiro atoms. The molecule has 0 atom stereocenters. The van der Waals surface area contributed by atoms with Crippen LogP contribution in [0.5, 0.6) is 0 Å². The van der Waals surface area contributed by atoms with Crippen LogP contribution in [0.1, 0.15) is 22.2 Å². The fourth-order valence-corrected chi connectivity index (χ4v) is 2.06. The van der Waals surface area contributed by atoms with E-state index >= 15 is 0 Å². The Kier molecular flexibility index (Phi) is 2.63. The number of aryl methyl sites for hydroxylation is 4. The molecule has 2 aromatic rings. The van der Waals surface area contributed by atoms with Crippen LogP contribution >= 0.6 is 11.3 Å². The molecule has 14 heavy (non-hydrogen) atoms. The minimum absolute atomic E-state index is 0.883. The van der Waals surface area contributed by atoms with Gasteiger partial charge >= 0.3 is 0 Å². The molecule has 0 fully saturated rings. The van der Waals surface area contributed by atoms with Crippen molar-refractivity contribution >= 4 is 11.3 Å². The normalized spacial score (nSPS) is 10.7. The van der Waals surface area contributed by atoms with Crippen molar-refractivity contribution in [1.29, 1.82) is 0 Å². The third-order valence-corrected chi connectivity index (χ3v) is 2.96. The van der Waals surface area contributed by atoms with E-state index < -0.39 is 0 Å². The number of nitrogens with zero attached hydrogens (tertiary/aromatic N) is 2. The van der Waals surface area contributed by atoms with E-state index in [1.165, 1.54) is 0 Å². The second kappa shape index (κ2) is 3.92. The van der Waals surface area contributed by atoms with Gasteiger partial charge in [-0.25, -0.2) is 4.98 Å². The van der Waals surface area contributed by atoms with Gasteiger partial charge in [-0.3, -0.25) is 0 Å². The molecule has 74 valence electrons. The molecule has 0 aliphatic heterocycles. The zero-order chi connectivity index (χ0) is 9.97. The first-order valence-corrected chi connectivity index (χ1v) is 5.45. The van der Waals surface area contributed by atoms with Crippen LogP contribution in [0.15, 0.2) is 16.0 Å². The summed E-state index contributed by atoms with van der Waals surface area (Å²) < 4.78 is 5.12. The molecule has 0 aliphatic carbocycles. The Morgan fingerprint density at radius 2 is 2.14 bits per heavy atom. The molecule has 0 bridgehead atoms. The zero-order valence-electron chi connectivity index (χ0n) is 8.28. The summed E-state index contributed by atoms with van der Waals surface area (Å²) in [7, 11) is 0. The third kappa shape index (κ3) is 2.20. The average molecular weight is 208 g/mol. The van der Waals surface area contributed by atoms with Crippen LogP contribution in [-0.2, 0) is 12.8 Å². The summed E-state index contributed by atoms with van der Waals surface area (Å²) in [5, 5.41) is 7.08. The maximum absolute atomic E-state index is 5.12. The van der Waals surface area contributed by atoms with Gasteiger partial charge in [-0.05, 0) is 13.8 Å². The largest absolute Gasteiger partial charge is 0.361 e. The van der Waals surface area contributed by atoms with Gasteiger partial charge in [0.2, 0.25) is 0 Å². The average Bonchev–Trinajstić information content (AvgIpc) is 2.72. The summed E-state index contributed by atoms with van der Waals surface area (Å²) in [6.07, 6.45) is 1.82. The van der Waals surface area contributed by atoms with Crippen LogP contribution in [0, 0.1) is 13.8 Å². The van der Waals surface area contributed by atoms with Gasteiger partial charge in [0.25, 0.3) is 0 Å². The van der Waals surface area contributed by atoms with Crippen LogP contribution < -0.4 is 0 Å². The highest BCUT2D eigenvalue weighted by atomic mass is 32.1. The van der Waals surface area contributed by atoms with E-state index in [0.29, 0.717) is 0 Å². The molecule has 0 N–H and O–H groups in total. The predicted octanol–water partition coefficient (Wildman–Crippen LogP) is 2.53. The molecule has 2 rings (SSSR count). The first kappa shape index (κ1) is 9.40. The second-order valence-electron chi connectivity index (χ2n) is 3.32. The molecule has 0 unspecified atom stereocenters. The number of hydrogen-bond acceptors (Lipinski definition) is 4. The molecule has 0 saturated carbocycles. The summed E-state index contributed by atoms with van der Waals surface area (Å²) in [6.45, 7) is 3.94. The molecule has 0 radical (unpaired) electrons. The lowest BCUT2D eigenvalue weighted by molar-refractivity contribution is 0.379. The van der Waals surface area contributed by atoms with Crippen molar-refractivity contribution in [2.45, 2.75) is 26.7 Å². The Morgan fingerprint density at radius 1 is 1.29 bits per heavy atom. The third-order valence-electron chi connectivity index (χ3n) is 1.93. The molecular weight excluding hydrogens is 196 g/mol. The SMILES string of the molecule is Cc1cc(CCc2nc(C)cs2)on1. The van der Waals surface area contributed by atoms with Crippen LogP contribution in [0.4, 0.5) is 0 Å². The molecular formula is C10H12N2OS. The van der Waals surface area contributed by atoms with Crippen molar-refractivity contribution in [3.05, 3.63) is 33.6 Å². The van der Waals surface area contributed by atoms with E-state index in [4.69, 9.17) is 4.52 Å². The van der Waals surface area contributed by atoms with Gasteiger partial charge in [-0.1, -0.05) is 5.16 Å². The Hall–Kier alpha value is -1.16. The summed E-state index contributed by atoms with van der Waals surface area (Å²) >= 11 is 1.70. The van der Waals surface area contributed by atoms with E-state index in [-0.39, 0.29) is 0 Å². The van der Waals surface area contributed by atoms with Crippen molar-refractivity contribution in [2.75, 3.05) is 0 Å². The van der Waals surface area contributed by atoms with Gasteiger partial charge in [-0.15, -0.1) is 11.3 Å². The summed E-state index contributed by atoms with van der Waals surface area (Å²) in [5.74, 6) is 0.940. The number of aromatic nitrogens is 2. The molecule has 4 heteroatoms. The summed E-state index contributed by atoms with van der Waals surface area (Å²) in [4.78, 5) is 4.39. The zero-order valence-corrected chi connectivity index (χ0v) is 9.10. The quantitative estimate of drug-likeness (QED) is 0.778. The highest BCUT2D eigenvalue weighted by Gasteiger charge is 2.03. The monoisotopic (exact) mass is 208 g/mol. The Bertz CT molecular complexity index is 379. The van der Waals surface area contributed by atoms with Crippen LogP contribution in [0.3, 0.4) is 0 Å². The first-order chi connectivity index (χ1) is 6.74. The molecule has 0 amide bonds. The van der Waals surface area contributed by atoms with Crippen LogP contribution in [0.2, 0.25) is 0 Å². The number of rotatable bonds is 3. The van der Waals surface area contributed by atoms with E-state index in [9.17, 15) is 0 Å².